The summed E-state index contributed by atoms with van der Waals surface area (Å²) in [4.78, 5) is 37.7. The molecule has 0 spiro atoms. The number of rotatable bonds is 8. The second-order valence-corrected chi connectivity index (χ2v) is 13.2. The molecule has 10 heteroatoms. The Balaban J connectivity index is 1.32. The zero-order valence-electron chi connectivity index (χ0n) is 23.5. The molecule has 4 aliphatic rings. The summed E-state index contributed by atoms with van der Waals surface area (Å²) in [6.45, 7) is 1.65. The van der Waals surface area contributed by atoms with Crippen LogP contribution in [-0.4, -0.2) is 55.8 Å². The lowest BCUT2D eigenvalue weighted by molar-refractivity contribution is -0.252. The maximum absolute atomic E-state index is 14.7. The van der Waals surface area contributed by atoms with Crippen LogP contribution in [0.15, 0.2) is 97.1 Å². The van der Waals surface area contributed by atoms with Crippen LogP contribution in [0.25, 0.3) is 0 Å². The minimum Gasteiger partial charge on any atom is -0.293 e. The number of hydrogen-bond donors (Lipinski definition) is 0. The number of carbonyl (C=O) groups excluding carboxylic acids is 2. The summed E-state index contributed by atoms with van der Waals surface area (Å²) in [5.41, 5.74) is 3.88. The first kappa shape index (κ1) is 29.9. The van der Waals surface area contributed by atoms with Crippen LogP contribution in [0, 0.1) is 0 Å². The molecule has 4 fully saturated rings. The molecule has 6 nitrogen and oxygen atoms in total. The molecule has 4 aromatic rings. The van der Waals surface area contributed by atoms with Crippen molar-refractivity contribution in [1.29, 1.82) is 0 Å². The molecule has 224 valence electrons. The molecule has 4 aliphatic heterocycles. The van der Waals surface area contributed by atoms with Crippen LogP contribution in [0.3, 0.4) is 0 Å². The third-order valence-electron chi connectivity index (χ3n) is 8.64. The summed E-state index contributed by atoms with van der Waals surface area (Å²) < 4.78 is 0. The van der Waals surface area contributed by atoms with E-state index in [0.29, 0.717) is 46.3 Å². The molecule has 0 N–H and O–H groups in total. The van der Waals surface area contributed by atoms with Crippen molar-refractivity contribution in [3.05, 3.63) is 139 Å². The van der Waals surface area contributed by atoms with Crippen LogP contribution >= 0.6 is 46.4 Å². The van der Waals surface area contributed by atoms with E-state index in [1.807, 2.05) is 117 Å². The Morgan fingerprint density at radius 1 is 0.364 bits per heavy atom. The Kier molecular flexibility index (Phi) is 8.29. The van der Waals surface area contributed by atoms with Gasteiger partial charge >= 0.3 is 0 Å². The monoisotopic (exact) mass is 664 g/mol. The Labute approximate surface area is 276 Å². The van der Waals surface area contributed by atoms with Crippen molar-refractivity contribution < 1.29 is 9.59 Å². The first-order chi connectivity index (χ1) is 21.3. The summed E-state index contributed by atoms with van der Waals surface area (Å²) >= 11 is 24.8. The molecule has 0 saturated carbocycles. The maximum Gasteiger partial charge on any atom is 0.196 e. The summed E-state index contributed by atoms with van der Waals surface area (Å²) in [7, 11) is 0. The number of Topliss-reactive ketones (excluding diaryl/α,β-unsaturated/α-hetero) is 2. The molecule has 4 aromatic carbocycles. The van der Waals surface area contributed by atoms with Crippen molar-refractivity contribution in [3.63, 3.8) is 0 Å². The molecule has 4 bridgehead atoms. The molecule has 44 heavy (non-hydrogen) atoms. The van der Waals surface area contributed by atoms with Gasteiger partial charge in [0.1, 0.15) is 24.7 Å². The van der Waals surface area contributed by atoms with Crippen LogP contribution in [0.5, 0.6) is 0 Å². The van der Waals surface area contributed by atoms with Gasteiger partial charge in [-0.05, 0) is 70.8 Å². The highest BCUT2D eigenvalue weighted by Gasteiger charge is 2.66. The third-order valence-corrected chi connectivity index (χ3v) is 9.65. The zero-order chi connectivity index (χ0) is 30.5. The Bertz CT molecular complexity index is 1420. The number of benzene rings is 4. The highest BCUT2D eigenvalue weighted by atomic mass is 35.5. The van der Waals surface area contributed by atoms with Gasteiger partial charge in [-0.3, -0.25) is 29.2 Å². The first-order valence-electron chi connectivity index (χ1n) is 14.3. The average molecular weight is 666 g/mol. The summed E-state index contributed by atoms with van der Waals surface area (Å²) in [5.74, 6) is 0.0757. The summed E-state index contributed by atoms with van der Waals surface area (Å²) in [5, 5.41) is 2.53. The Morgan fingerprint density at radius 2 is 0.545 bits per heavy atom. The van der Waals surface area contributed by atoms with Crippen molar-refractivity contribution in [2.75, 3.05) is 0 Å². The lowest BCUT2D eigenvalue weighted by Crippen LogP contribution is -2.88. The molecular formula is C34H28Cl4N4O2. The highest BCUT2D eigenvalue weighted by molar-refractivity contribution is 6.31. The predicted octanol–water partition coefficient (Wildman–Crippen LogP) is 7.09. The fraction of sp³-hybridized carbons (Fsp3) is 0.235. The molecule has 0 aliphatic carbocycles. The SMILES string of the molecule is O=C1C2N(Cc3ccc(Cl)cc3)C3C(=O)C(N2Cc2ccc(Cl)cc2)N(Cc2ccc(Cl)cc2)C1N3Cc1ccc(Cl)cc1. The molecule has 0 atom stereocenters. The van der Waals surface area contributed by atoms with Crippen LogP contribution in [0.4, 0.5) is 0 Å². The fourth-order valence-corrected chi connectivity index (χ4v) is 7.27. The number of hydrogen-bond acceptors (Lipinski definition) is 6. The van der Waals surface area contributed by atoms with Crippen LogP contribution in [0.1, 0.15) is 22.3 Å². The Morgan fingerprint density at radius 3 is 0.727 bits per heavy atom. The minimum absolute atomic E-state index is 0.0378. The van der Waals surface area contributed by atoms with E-state index < -0.39 is 24.7 Å². The fourth-order valence-electron chi connectivity index (χ4n) is 6.77. The van der Waals surface area contributed by atoms with Gasteiger partial charge in [-0.25, -0.2) is 0 Å². The van der Waals surface area contributed by atoms with Gasteiger partial charge in [-0.2, -0.15) is 0 Å². The second-order valence-electron chi connectivity index (χ2n) is 11.5. The van der Waals surface area contributed by atoms with Crippen molar-refractivity contribution in [2.45, 2.75) is 50.8 Å². The first-order valence-corrected chi connectivity index (χ1v) is 15.9. The van der Waals surface area contributed by atoms with E-state index in [0.717, 1.165) is 22.3 Å². The largest absolute Gasteiger partial charge is 0.293 e. The molecule has 0 aromatic heterocycles. The van der Waals surface area contributed by atoms with Crippen LogP contribution in [-0.2, 0) is 35.8 Å². The van der Waals surface area contributed by atoms with Gasteiger partial charge in [-0.15, -0.1) is 0 Å². The highest BCUT2D eigenvalue weighted by Crippen LogP contribution is 2.44. The van der Waals surface area contributed by atoms with Crippen molar-refractivity contribution in [2.24, 2.45) is 0 Å². The van der Waals surface area contributed by atoms with Gasteiger partial charge in [0.2, 0.25) is 0 Å². The topological polar surface area (TPSA) is 47.1 Å². The standard InChI is InChI=1S/C34H28Cl4N4O2/c35-25-9-1-21(2-10-25)17-39-31-29(43)34-41(19-23-5-13-27(37)14-6-23)32(39)30(44)33(40(31)18-22-3-11-26(36)12-4-22)42(34)20-24-7-15-28(38)16-8-24/h1-16,31-34H,17-20H2. The normalized spacial score (nSPS) is 24.0. The summed E-state index contributed by atoms with van der Waals surface area (Å²) in [6.07, 6.45) is -2.38. The summed E-state index contributed by atoms with van der Waals surface area (Å²) in [6, 6.07) is 30.3. The molecule has 0 radical (unpaired) electrons. The van der Waals surface area contributed by atoms with Gasteiger partial charge in [0.05, 0.1) is 0 Å². The number of carbonyl (C=O) groups is 2. The van der Waals surface area contributed by atoms with E-state index in [2.05, 4.69) is 0 Å². The molecule has 0 amide bonds. The van der Waals surface area contributed by atoms with E-state index in [-0.39, 0.29) is 11.6 Å². The quantitative estimate of drug-likeness (QED) is 0.200. The molecular weight excluding hydrogens is 638 g/mol. The van der Waals surface area contributed by atoms with E-state index in [1.54, 1.807) is 0 Å². The number of nitrogens with zero attached hydrogens (tertiary/aromatic N) is 4. The van der Waals surface area contributed by atoms with Crippen molar-refractivity contribution in [3.8, 4) is 0 Å². The van der Waals surface area contributed by atoms with Crippen molar-refractivity contribution >= 4 is 58.0 Å². The van der Waals surface area contributed by atoms with E-state index in [1.165, 1.54) is 0 Å². The number of ketones is 2. The molecule has 8 rings (SSSR count). The smallest absolute Gasteiger partial charge is 0.196 e. The van der Waals surface area contributed by atoms with Gasteiger partial charge in [0.15, 0.2) is 11.6 Å². The second kappa shape index (κ2) is 12.2. The molecule has 0 unspecified atom stereocenters. The predicted molar refractivity (Wildman–Crippen MR) is 173 cm³/mol. The van der Waals surface area contributed by atoms with Crippen LogP contribution < -0.4 is 0 Å². The third kappa shape index (κ3) is 5.59. The average Bonchev–Trinajstić information content (AvgIpc) is 3.00. The van der Waals surface area contributed by atoms with Gasteiger partial charge < -0.3 is 0 Å². The van der Waals surface area contributed by atoms with Gasteiger partial charge in [0, 0.05) is 46.3 Å². The minimum atomic E-state index is -0.595. The lowest BCUT2D eigenvalue weighted by atomic mass is 9.87. The number of halogens is 4. The van der Waals surface area contributed by atoms with Crippen LogP contribution in [0.2, 0.25) is 20.1 Å². The van der Waals surface area contributed by atoms with E-state index in [9.17, 15) is 9.59 Å². The van der Waals surface area contributed by atoms with Gasteiger partial charge in [-0.1, -0.05) is 94.9 Å². The Hall–Kier alpha value is -2.78. The molecule has 4 heterocycles. The maximum atomic E-state index is 14.7. The van der Waals surface area contributed by atoms with Gasteiger partial charge in [0.25, 0.3) is 0 Å². The lowest BCUT2D eigenvalue weighted by Gasteiger charge is -2.66. The van der Waals surface area contributed by atoms with E-state index in [4.69, 9.17) is 46.4 Å². The zero-order valence-corrected chi connectivity index (χ0v) is 26.5. The van der Waals surface area contributed by atoms with E-state index >= 15 is 0 Å². The molecule has 4 saturated heterocycles. The van der Waals surface area contributed by atoms with Crippen molar-refractivity contribution in [1.82, 2.24) is 19.6 Å².